The van der Waals surface area contributed by atoms with Crippen molar-refractivity contribution < 1.29 is 9.90 Å². The van der Waals surface area contributed by atoms with Crippen LogP contribution in [0.1, 0.15) is 17.1 Å². The van der Waals surface area contributed by atoms with Gasteiger partial charge in [0.1, 0.15) is 5.82 Å². The first-order chi connectivity index (χ1) is 7.09. The van der Waals surface area contributed by atoms with Crippen LogP contribution in [0.15, 0.2) is 18.3 Å². The Bertz CT molecular complexity index is 529. The van der Waals surface area contributed by atoms with Crippen LogP contribution in [-0.4, -0.2) is 20.5 Å². The molecule has 0 bridgehead atoms. The monoisotopic (exact) mass is 204 g/mol. The lowest BCUT2D eigenvalue weighted by atomic mass is 10.1. The Hall–Kier alpha value is -1.84. The third-order valence-electron chi connectivity index (χ3n) is 2.44. The summed E-state index contributed by atoms with van der Waals surface area (Å²) in [5, 5.41) is 8.79. The van der Waals surface area contributed by atoms with Gasteiger partial charge >= 0.3 is 5.97 Å². The topological polar surface area (TPSA) is 54.6 Å². The summed E-state index contributed by atoms with van der Waals surface area (Å²) in [7, 11) is 0. The highest BCUT2D eigenvalue weighted by Gasteiger charge is 2.10. The van der Waals surface area contributed by atoms with E-state index >= 15 is 0 Å². The van der Waals surface area contributed by atoms with Crippen LogP contribution in [0.2, 0.25) is 0 Å². The summed E-state index contributed by atoms with van der Waals surface area (Å²) in [5.41, 5.74) is 2.60. The maximum atomic E-state index is 10.7. The summed E-state index contributed by atoms with van der Waals surface area (Å²) in [6.45, 7) is 3.80. The lowest BCUT2D eigenvalue weighted by Gasteiger charge is -2.02. The van der Waals surface area contributed by atoms with Gasteiger partial charge in [-0.1, -0.05) is 6.07 Å². The van der Waals surface area contributed by atoms with Gasteiger partial charge in [-0.05, 0) is 25.5 Å². The third kappa shape index (κ3) is 1.58. The maximum Gasteiger partial charge on any atom is 0.307 e. The fourth-order valence-corrected chi connectivity index (χ4v) is 1.88. The lowest BCUT2D eigenvalue weighted by Crippen LogP contribution is -2.02. The highest BCUT2D eigenvalue weighted by Crippen LogP contribution is 2.17. The minimum Gasteiger partial charge on any atom is -0.481 e. The summed E-state index contributed by atoms with van der Waals surface area (Å²) in [4.78, 5) is 15.0. The molecule has 2 aromatic heterocycles. The Morgan fingerprint density at radius 3 is 2.93 bits per heavy atom. The molecule has 2 aromatic rings. The van der Waals surface area contributed by atoms with Crippen LogP contribution in [0.5, 0.6) is 0 Å². The van der Waals surface area contributed by atoms with Gasteiger partial charge < -0.3 is 9.51 Å². The molecule has 0 amide bonds. The molecular formula is C11H12N2O2. The molecule has 0 unspecified atom stereocenters. The number of hydrogen-bond donors (Lipinski definition) is 1. The van der Waals surface area contributed by atoms with Crippen LogP contribution >= 0.6 is 0 Å². The number of pyridine rings is 1. The molecule has 0 saturated heterocycles. The number of rotatable bonds is 2. The van der Waals surface area contributed by atoms with E-state index in [4.69, 9.17) is 5.11 Å². The minimum atomic E-state index is -0.818. The highest BCUT2D eigenvalue weighted by molar-refractivity contribution is 5.75. The molecule has 2 heterocycles. The smallest absolute Gasteiger partial charge is 0.307 e. The number of aromatic nitrogens is 2. The first-order valence-corrected chi connectivity index (χ1v) is 4.74. The molecule has 0 aliphatic carbocycles. The predicted molar refractivity (Wildman–Crippen MR) is 56.0 cm³/mol. The van der Waals surface area contributed by atoms with E-state index in [9.17, 15) is 4.79 Å². The van der Waals surface area contributed by atoms with Crippen LogP contribution in [0.3, 0.4) is 0 Å². The van der Waals surface area contributed by atoms with E-state index in [1.807, 2.05) is 36.6 Å². The molecule has 15 heavy (non-hydrogen) atoms. The molecule has 2 rings (SSSR count). The number of carbonyl (C=O) groups is 1. The molecular weight excluding hydrogens is 192 g/mol. The number of nitrogens with zero attached hydrogens (tertiary/aromatic N) is 2. The second-order valence-corrected chi connectivity index (χ2v) is 3.57. The quantitative estimate of drug-likeness (QED) is 0.808. The molecule has 0 atom stereocenters. The van der Waals surface area contributed by atoms with Crippen LogP contribution in [0, 0.1) is 13.8 Å². The number of imidazole rings is 1. The number of carboxylic acids is 1. The summed E-state index contributed by atoms with van der Waals surface area (Å²) >= 11 is 0. The van der Waals surface area contributed by atoms with Crippen molar-refractivity contribution in [1.29, 1.82) is 0 Å². The predicted octanol–water partition coefficient (Wildman–Crippen LogP) is 1.58. The summed E-state index contributed by atoms with van der Waals surface area (Å²) in [6, 6.07) is 3.68. The zero-order valence-corrected chi connectivity index (χ0v) is 8.69. The van der Waals surface area contributed by atoms with E-state index in [-0.39, 0.29) is 6.42 Å². The Labute approximate surface area is 87.2 Å². The number of aryl methyl sites for hydroxylation is 2. The van der Waals surface area contributed by atoms with E-state index in [1.54, 1.807) is 0 Å². The standard InChI is InChI=1S/C11H12N2O2/c1-7-11-9(6-10(14)15)4-3-5-13(11)8(2)12-7/h3-5H,6H2,1-2H3,(H,14,15). The van der Waals surface area contributed by atoms with Gasteiger partial charge in [-0.3, -0.25) is 4.79 Å². The highest BCUT2D eigenvalue weighted by atomic mass is 16.4. The number of hydrogen-bond acceptors (Lipinski definition) is 2. The fourth-order valence-electron chi connectivity index (χ4n) is 1.88. The average molecular weight is 204 g/mol. The van der Waals surface area contributed by atoms with E-state index in [1.165, 1.54) is 0 Å². The summed E-state index contributed by atoms with van der Waals surface area (Å²) in [6.07, 6.45) is 1.94. The van der Waals surface area contributed by atoms with Crippen molar-refractivity contribution >= 4 is 11.5 Å². The van der Waals surface area contributed by atoms with Gasteiger partial charge in [-0.2, -0.15) is 0 Å². The fraction of sp³-hybridized carbons (Fsp3) is 0.273. The largest absolute Gasteiger partial charge is 0.481 e. The summed E-state index contributed by atoms with van der Waals surface area (Å²) in [5.74, 6) is 0.0658. The number of aliphatic carboxylic acids is 1. The van der Waals surface area contributed by atoms with Gasteiger partial charge in [0.15, 0.2) is 0 Å². The van der Waals surface area contributed by atoms with Crippen molar-refractivity contribution in [3.8, 4) is 0 Å². The van der Waals surface area contributed by atoms with Crippen LogP contribution < -0.4 is 0 Å². The second kappa shape index (κ2) is 3.38. The zero-order chi connectivity index (χ0) is 11.0. The molecule has 0 spiro atoms. The Morgan fingerprint density at radius 1 is 1.53 bits per heavy atom. The Kier molecular flexibility index (Phi) is 2.19. The van der Waals surface area contributed by atoms with E-state index in [0.29, 0.717) is 0 Å². The number of fused-ring (bicyclic) bond motifs is 1. The van der Waals surface area contributed by atoms with Gasteiger partial charge in [0.2, 0.25) is 0 Å². The third-order valence-corrected chi connectivity index (χ3v) is 2.44. The zero-order valence-electron chi connectivity index (χ0n) is 8.69. The lowest BCUT2D eigenvalue weighted by molar-refractivity contribution is -0.136. The summed E-state index contributed by atoms with van der Waals surface area (Å²) < 4.78 is 1.92. The van der Waals surface area contributed by atoms with Crippen molar-refractivity contribution in [2.75, 3.05) is 0 Å². The van der Waals surface area contributed by atoms with Gasteiger partial charge in [0.05, 0.1) is 17.6 Å². The maximum absolute atomic E-state index is 10.7. The molecule has 0 fully saturated rings. The van der Waals surface area contributed by atoms with Crippen molar-refractivity contribution in [3.05, 3.63) is 35.4 Å². The first kappa shape index (κ1) is 9.71. The van der Waals surface area contributed by atoms with Crippen molar-refractivity contribution in [3.63, 3.8) is 0 Å². The van der Waals surface area contributed by atoms with Crippen LogP contribution in [0.4, 0.5) is 0 Å². The average Bonchev–Trinajstić information content (AvgIpc) is 2.43. The molecule has 4 heteroatoms. The van der Waals surface area contributed by atoms with Gasteiger partial charge in [0.25, 0.3) is 0 Å². The molecule has 0 aliphatic rings. The molecule has 0 radical (unpaired) electrons. The van der Waals surface area contributed by atoms with E-state index in [0.717, 1.165) is 22.6 Å². The Morgan fingerprint density at radius 2 is 2.27 bits per heavy atom. The molecule has 4 nitrogen and oxygen atoms in total. The van der Waals surface area contributed by atoms with Crippen molar-refractivity contribution in [1.82, 2.24) is 9.38 Å². The van der Waals surface area contributed by atoms with E-state index < -0.39 is 5.97 Å². The van der Waals surface area contributed by atoms with E-state index in [2.05, 4.69) is 4.98 Å². The first-order valence-electron chi connectivity index (χ1n) is 4.74. The van der Waals surface area contributed by atoms with Crippen molar-refractivity contribution in [2.24, 2.45) is 0 Å². The SMILES string of the molecule is Cc1nc(C)n2cccc(CC(=O)O)c12. The second-order valence-electron chi connectivity index (χ2n) is 3.57. The number of carboxylic acid groups (broad SMARTS) is 1. The van der Waals surface area contributed by atoms with Gasteiger partial charge in [-0.25, -0.2) is 4.98 Å². The van der Waals surface area contributed by atoms with Crippen LogP contribution in [-0.2, 0) is 11.2 Å². The van der Waals surface area contributed by atoms with Crippen LogP contribution in [0.25, 0.3) is 5.52 Å². The molecule has 1 N–H and O–H groups in total. The Balaban J connectivity index is 2.69. The normalized spacial score (nSPS) is 10.8. The molecule has 78 valence electrons. The molecule has 0 aromatic carbocycles. The molecule has 0 aliphatic heterocycles. The van der Waals surface area contributed by atoms with Gasteiger partial charge in [0, 0.05) is 6.20 Å². The minimum absolute atomic E-state index is 0.0380. The van der Waals surface area contributed by atoms with Crippen molar-refractivity contribution in [2.45, 2.75) is 20.3 Å². The molecule has 0 saturated carbocycles. The van der Waals surface area contributed by atoms with Gasteiger partial charge in [-0.15, -0.1) is 0 Å².